The molecule has 2 unspecified atom stereocenters. The van der Waals surface area contributed by atoms with Crippen LogP contribution < -0.4 is 10.9 Å². The number of thiophene rings is 2. The highest BCUT2D eigenvalue weighted by Gasteiger charge is 2.59. The molecular formula is C42H40B2O4S2. The summed E-state index contributed by atoms with van der Waals surface area (Å²) in [5.41, 5.74) is 2.49. The van der Waals surface area contributed by atoms with E-state index < -0.39 is 36.6 Å². The van der Waals surface area contributed by atoms with Crippen molar-refractivity contribution < 1.29 is 18.6 Å². The van der Waals surface area contributed by atoms with Crippen molar-refractivity contribution in [3.05, 3.63) is 109 Å². The second kappa shape index (κ2) is 11.5. The Hall–Kier alpha value is -3.49. The second-order valence-electron chi connectivity index (χ2n) is 15.3. The molecule has 7 aromatic rings. The molecule has 5 aromatic carbocycles. The predicted octanol–water partition coefficient (Wildman–Crippen LogP) is 10.1. The minimum Gasteiger partial charge on any atom is -0.399 e. The molecular weight excluding hydrogens is 654 g/mol. The van der Waals surface area contributed by atoms with Gasteiger partial charge in [0.15, 0.2) is 0 Å². The predicted molar refractivity (Wildman–Crippen MR) is 213 cm³/mol. The zero-order valence-corrected chi connectivity index (χ0v) is 31.0. The van der Waals surface area contributed by atoms with Gasteiger partial charge >= 0.3 is 14.2 Å². The lowest BCUT2D eigenvalue weighted by Crippen LogP contribution is -2.50. The molecule has 0 radical (unpaired) electrons. The van der Waals surface area contributed by atoms with E-state index in [1.54, 1.807) is 0 Å². The Kier molecular flexibility index (Phi) is 7.46. The smallest absolute Gasteiger partial charge is 0.399 e. The number of rotatable bonds is 6. The van der Waals surface area contributed by atoms with Crippen LogP contribution in [0.25, 0.3) is 51.5 Å². The van der Waals surface area contributed by atoms with E-state index in [0.717, 1.165) is 23.8 Å². The van der Waals surface area contributed by atoms with E-state index >= 15 is 0 Å². The molecule has 0 amide bonds. The summed E-state index contributed by atoms with van der Waals surface area (Å²) < 4.78 is 32.7. The summed E-state index contributed by atoms with van der Waals surface area (Å²) in [6.07, 6.45) is 1.50. The average Bonchev–Trinajstić information content (AvgIpc) is 3.81. The van der Waals surface area contributed by atoms with Crippen LogP contribution in [-0.4, -0.2) is 36.6 Å². The Morgan fingerprint density at radius 3 is 1.74 bits per heavy atom. The first-order chi connectivity index (χ1) is 24.0. The largest absolute Gasteiger partial charge is 0.496 e. The van der Waals surface area contributed by atoms with Crippen molar-refractivity contribution >= 4 is 88.2 Å². The molecule has 8 heteroatoms. The fraction of sp³-hybridized carbons (Fsp3) is 0.286. The molecule has 50 heavy (non-hydrogen) atoms. The highest BCUT2D eigenvalue weighted by atomic mass is 32.1. The Labute approximate surface area is 302 Å². The third-order valence-corrected chi connectivity index (χ3v) is 14.2. The summed E-state index contributed by atoms with van der Waals surface area (Å²) in [4.78, 5) is 0. The van der Waals surface area contributed by atoms with Crippen LogP contribution in [0.3, 0.4) is 0 Å². The van der Waals surface area contributed by atoms with Gasteiger partial charge in [-0.1, -0.05) is 97.1 Å². The van der Waals surface area contributed by atoms with E-state index in [1.165, 1.54) is 51.5 Å². The molecule has 0 saturated carbocycles. The van der Waals surface area contributed by atoms with Crippen molar-refractivity contribution in [1.82, 2.24) is 0 Å². The van der Waals surface area contributed by atoms with Crippen molar-refractivity contribution in [2.45, 2.75) is 76.8 Å². The first-order valence-corrected chi connectivity index (χ1v) is 19.2. The van der Waals surface area contributed by atoms with Crippen LogP contribution in [0.1, 0.15) is 54.4 Å². The zero-order valence-electron chi connectivity index (χ0n) is 29.4. The Morgan fingerprint density at radius 2 is 1.02 bits per heavy atom. The van der Waals surface area contributed by atoms with Crippen LogP contribution in [0, 0.1) is 0 Å². The molecule has 2 aromatic heterocycles. The molecule has 2 aliphatic rings. The van der Waals surface area contributed by atoms with E-state index in [1.807, 2.05) is 22.7 Å². The van der Waals surface area contributed by atoms with Gasteiger partial charge in [-0.15, -0.1) is 22.7 Å². The number of hydrogen-bond donors (Lipinski definition) is 0. The molecule has 0 aliphatic carbocycles. The maximum atomic E-state index is 7.04. The number of hydrogen-bond acceptors (Lipinski definition) is 6. The maximum Gasteiger partial charge on any atom is 0.496 e. The lowest BCUT2D eigenvalue weighted by molar-refractivity contribution is -0.0576. The summed E-state index contributed by atoms with van der Waals surface area (Å²) in [6, 6.07) is 38.9. The molecule has 4 heterocycles. The molecule has 0 N–H and O–H groups in total. The van der Waals surface area contributed by atoms with E-state index in [-0.39, 0.29) is 0 Å². The van der Waals surface area contributed by atoms with Crippen LogP contribution in [0.5, 0.6) is 0 Å². The molecule has 9 rings (SSSR count). The molecule has 2 aliphatic heterocycles. The Balaban J connectivity index is 1.01. The van der Waals surface area contributed by atoms with Crippen LogP contribution in [0.15, 0.2) is 109 Å². The van der Waals surface area contributed by atoms with E-state index in [9.17, 15) is 0 Å². The van der Waals surface area contributed by atoms with Gasteiger partial charge < -0.3 is 18.6 Å². The topological polar surface area (TPSA) is 36.9 Å². The number of fused-ring (bicyclic) bond motifs is 6. The Morgan fingerprint density at radius 1 is 0.480 bits per heavy atom. The first kappa shape index (κ1) is 32.4. The lowest BCUT2D eigenvalue weighted by atomic mass is 9.76. The highest BCUT2D eigenvalue weighted by molar-refractivity contribution is 7.27. The van der Waals surface area contributed by atoms with Crippen LogP contribution in [0.2, 0.25) is 0 Å². The third-order valence-electron chi connectivity index (χ3n) is 11.7. The van der Waals surface area contributed by atoms with Crippen molar-refractivity contribution in [2.75, 3.05) is 0 Å². The molecule has 2 fully saturated rings. The highest BCUT2D eigenvalue weighted by Crippen LogP contribution is 2.48. The van der Waals surface area contributed by atoms with Gasteiger partial charge in [0.05, 0.1) is 22.4 Å². The normalized spacial score (nSPS) is 23.2. The van der Waals surface area contributed by atoms with Crippen LogP contribution in [0.4, 0.5) is 0 Å². The quantitative estimate of drug-likeness (QED) is 0.163. The molecule has 250 valence electrons. The fourth-order valence-electron chi connectivity index (χ4n) is 7.91. The summed E-state index contributed by atoms with van der Waals surface area (Å²) in [5.74, 6) is 0. The molecule has 2 atom stereocenters. The third kappa shape index (κ3) is 4.95. The van der Waals surface area contributed by atoms with E-state index in [0.29, 0.717) is 0 Å². The van der Waals surface area contributed by atoms with Crippen molar-refractivity contribution in [3.8, 4) is 11.1 Å². The minimum absolute atomic E-state index is 0.461. The fourth-order valence-corrected chi connectivity index (χ4v) is 10.4. The average molecular weight is 695 g/mol. The molecule has 4 nitrogen and oxygen atoms in total. The Bertz CT molecular complexity index is 2420. The van der Waals surface area contributed by atoms with E-state index in [2.05, 4.69) is 151 Å². The van der Waals surface area contributed by atoms with Gasteiger partial charge in [-0.05, 0) is 93.9 Å². The standard InChI is InChI=1S/C42H40B2O4S2/c1-39(2)41(5,47-43(45-39)32-21-14-24-35-36(32)31-17-10-11-23-34(31)49-35)25-26-42(6)40(3,4)46-44(48-42)33-22-13-20-30-29-19-12-18-28(37(29)50-38(30)33)27-15-8-7-9-16-27/h7-24H,25-26H2,1-6H3. The molecule has 2 saturated heterocycles. The monoisotopic (exact) mass is 694 g/mol. The summed E-state index contributed by atoms with van der Waals surface area (Å²) >= 11 is 3.65. The summed E-state index contributed by atoms with van der Waals surface area (Å²) in [5, 5.41) is 4.99. The first-order valence-electron chi connectivity index (χ1n) is 17.6. The van der Waals surface area contributed by atoms with Gasteiger partial charge in [-0.3, -0.25) is 0 Å². The second-order valence-corrected chi connectivity index (χ2v) is 17.4. The lowest BCUT2D eigenvalue weighted by Gasteiger charge is -2.42. The zero-order chi connectivity index (χ0) is 34.5. The van der Waals surface area contributed by atoms with Gasteiger partial charge in [0.25, 0.3) is 0 Å². The van der Waals surface area contributed by atoms with Gasteiger partial charge in [0, 0.05) is 35.0 Å². The summed E-state index contributed by atoms with van der Waals surface area (Å²) in [6.45, 7) is 13.0. The minimum atomic E-state index is -0.560. The van der Waals surface area contributed by atoms with Crippen LogP contribution >= 0.6 is 22.7 Å². The summed E-state index contributed by atoms with van der Waals surface area (Å²) in [7, 11) is -0.942. The van der Waals surface area contributed by atoms with Gasteiger partial charge in [-0.25, -0.2) is 0 Å². The van der Waals surface area contributed by atoms with Gasteiger partial charge in [0.2, 0.25) is 0 Å². The maximum absolute atomic E-state index is 7.04. The molecule has 0 spiro atoms. The van der Waals surface area contributed by atoms with Crippen molar-refractivity contribution in [2.24, 2.45) is 0 Å². The van der Waals surface area contributed by atoms with Gasteiger partial charge in [0.1, 0.15) is 0 Å². The molecule has 0 bridgehead atoms. The van der Waals surface area contributed by atoms with Crippen molar-refractivity contribution in [1.29, 1.82) is 0 Å². The SMILES string of the molecule is CC1(C)OB(c2cccc3c2sc2c(-c4ccccc4)cccc23)OC1(C)CCC1(C)OB(c2cccc3sc4ccccc4c23)OC1(C)C. The van der Waals surface area contributed by atoms with E-state index in [4.69, 9.17) is 18.6 Å². The van der Waals surface area contributed by atoms with Gasteiger partial charge in [-0.2, -0.15) is 0 Å². The van der Waals surface area contributed by atoms with Crippen LogP contribution in [-0.2, 0) is 18.6 Å². The van der Waals surface area contributed by atoms with Crippen molar-refractivity contribution in [3.63, 3.8) is 0 Å². The number of benzene rings is 5.